The summed E-state index contributed by atoms with van der Waals surface area (Å²) in [6.07, 6.45) is -0.00205. The van der Waals surface area contributed by atoms with Crippen LogP contribution in [-0.4, -0.2) is 32.3 Å². The molecule has 1 rings (SSSR count). The Labute approximate surface area is 107 Å². The molecule has 3 N–H and O–H groups in total. The molecule has 0 saturated heterocycles. The molecule has 0 aromatic heterocycles. The number of nitrogens with two attached hydrogens (primary N) is 1. The minimum Gasteiger partial charge on any atom is -0.484 e. The molecular formula is C13H20N2O3. The van der Waals surface area contributed by atoms with E-state index < -0.39 is 0 Å². The van der Waals surface area contributed by atoms with Gasteiger partial charge < -0.3 is 20.5 Å². The van der Waals surface area contributed by atoms with Gasteiger partial charge in [-0.3, -0.25) is 4.79 Å². The Morgan fingerprint density at radius 1 is 1.39 bits per heavy atom. The highest BCUT2D eigenvalue weighted by Crippen LogP contribution is 2.11. The molecule has 18 heavy (non-hydrogen) atoms. The summed E-state index contributed by atoms with van der Waals surface area (Å²) in [5, 5.41) is 2.72. The van der Waals surface area contributed by atoms with E-state index in [0.29, 0.717) is 18.8 Å². The highest BCUT2D eigenvalue weighted by Gasteiger charge is 2.05. The van der Waals surface area contributed by atoms with E-state index in [9.17, 15) is 4.79 Å². The highest BCUT2D eigenvalue weighted by molar-refractivity contribution is 5.77. The second-order valence-electron chi connectivity index (χ2n) is 3.99. The van der Waals surface area contributed by atoms with Crippen LogP contribution in [0.4, 0.5) is 0 Å². The van der Waals surface area contributed by atoms with Crippen LogP contribution in [0.2, 0.25) is 0 Å². The molecule has 0 aliphatic rings. The van der Waals surface area contributed by atoms with Gasteiger partial charge in [0.15, 0.2) is 6.61 Å². The smallest absolute Gasteiger partial charge is 0.258 e. The minimum atomic E-state index is -0.165. The van der Waals surface area contributed by atoms with Gasteiger partial charge in [-0.25, -0.2) is 0 Å². The zero-order valence-electron chi connectivity index (χ0n) is 10.8. The summed E-state index contributed by atoms with van der Waals surface area (Å²) >= 11 is 0. The fourth-order valence-electron chi connectivity index (χ4n) is 1.26. The predicted octanol–water partition coefficient (Wildman–Crippen LogP) is 0.675. The number of methoxy groups -OCH3 is 1. The maximum Gasteiger partial charge on any atom is 0.258 e. The average Bonchev–Trinajstić information content (AvgIpc) is 2.42. The molecule has 0 radical (unpaired) electrons. The summed E-state index contributed by atoms with van der Waals surface area (Å²) in [5.74, 6) is 0.490. The lowest BCUT2D eigenvalue weighted by molar-refractivity contribution is -0.123. The lowest BCUT2D eigenvalue weighted by atomic mass is 10.2. The van der Waals surface area contributed by atoms with E-state index >= 15 is 0 Å². The van der Waals surface area contributed by atoms with E-state index in [1.165, 1.54) is 0 Å². The van der Waals surface area contributed by atoms with E-state index in [1.54, 1.807) is 19.2 Å². The van der Waals surface area contributed by atoms with Gasteiger partial charge in [-0.1, -0.05) is 12.1 Å². The number of nitrogens with one attached hydrogen (secondary N) is 1. The summed E-state index contributed by atoms with van der Waals surface area (Å²) in [5.41, 5.74) is 6.51. The van der Waals surface area contributed by atoms with E-state index in [2.05, 4.69) is 5.32 Å². The molecule has 0 spiro atoms. The van der Waals surface area contributed by atoms with Crippen LogP contribution < -0.4 is 15.8 Å². The van der Waals surface area contributed by atoms with E-state index in [1.807, 2.05) is 19.1 Å². The van der Waals surface area contributed by atoms with Gasteiger partial charge in [0.1, 0.15) is 5.75 Å². The van der Waals surface area contributed by atoms with Gasteiger partial charge in [-0.05, 0) is 24.6 Å². The Kier molecular flexibility index (Phi) is 6.18. The molecule has 1 atom stereocenters. The summed E-state index contributed by atoms with van der Waals surface area (Å²) in [7, 11) is 1.60. The molecule has 0 aliphatic carbocycles. The number of hydrogen-bond acceptors (Lipinski definition) is 4. The van der Waals surface area contributed by atoms with Crippen molar-refractivity contribution < 1.29 is 14.3 Å². The Morgan fingerprint density at radius 2 is 2.06 bits per heavy atom. The molecule has 1 unspecified atom stereocenters. The number of hydrogen-bond donors (Lipinski definition) is 2. The monoisotopic (exact) mass is 252 g/mol. The van der Waals surface area contributed by atoms with Crippen LogP contribution in [0.25, 0.3) is 0 Å². The second kappa shape index (κ2) is 7.68. The molecule has 5 nitrogen and oxygen atoms in total. The number of rotatable bonds is 7. The second-order valence-corrected chi connectivity index (χ2v) is 3.99. The third-order valence-corrected chi connectivity index (χ3v) is 2.52. The standard InChI is InChI=1S/C13H20N2O3/c1-10(17-2)8-15-13(16)9-18-12-5-3-11(7-14)4-6-12/h3-6,10H,7-9,14H2,1-2H3,(H,15,16). The van der Waals surface area contributed by atoms with Crippen LogP contribution >= 0.6 is 0 Å². The fourth-order valence-corrected chi connectivity index (χ4v) is 1.26. The number of carbonyl (C=O) groups is 1. The van der Waals surface area contributed by atoms with E-state index in [4.69, 9.17) is 15.2 Å². The van der Waals surface area contributed by atoms with Crippen LogP contribution in [0.3, 0.4) is 0 Å². The first-order valence-electron chi connectivity index (χ1n) is 5.87. The first-order valence-corrected chi connectivity index (χ1v) is 5.87. The Balaban J connectivity index is 2.29. The molecular weight excluding hydrogens is 232 g/mol. The first-order chi connectivity index (χ1) is 8.65. The van der Waals surface area contributed by atoms with Crippen molar-refractivity contribution in [3.63, 3.8) is 0 Å². The Hall–Kier alpha value is -1.59. The largest absolute Gasteiger partial charge is 0.484 e. The van der Waals surface area contributed by atoms with Crippen molar-refractivity contribution in [3.8, 4) is 5.75 Å². The minimum absolute atomic E-state index is 0.00158. The topological polar surface area (TPSA) is 73.6 Å². The zero-order valence-corrected chi connectivity index (χ0v) is 10.8. The molecule has 0 fully saturated rings. The summed E-state index contributed by atoms with van der Waals surface area (Å²) < 4.78 is 10.4. The number of carbonyl (C=O) groups excluding carboxylic acids is 1. The van der Waals surface area contributed by atoms with Crippen LogP contribution in [-0.2, 0) is 16.1 Å². The maximum absolute atomic E-state index is 11.4. The SMILES string of the molecule is COC(C)CNC(=O)COc1ccc(CN)cc1. The lowest BCUT2D eigenvalue weighted by Gasteiger charge is -2.11. The van der Waals surface area contributed by atoms with Crippen molar-refractivity contribution in [2.45, 2.75) is 19.6 Å². The van der Waals surface area contributed by atoms with Crippen LogP contribution in [0.1, 0.15) is 12.5 Å². The summed E-state index contributed by atoms with van der Waals surface area (Å²) in [6.45, 7) is 2.85. The van der Waals surface area contributed by atoms with E-state index in [-0.39, 0.29) is 18.6 Å². The molecule has 0 bridgehead atoms. The van der Waals surface area contributed by atoms with Gasteiger partial charge in [0, 0.05) is 20.2 Å². The molecule has 100 valence electrons. The van der Waals surface area contributed by atoms with Crippen LogP contribution in [0, 0.1) is 0 Å². The fraction of sp³-hybridized carbons (Fsp3) is 0.462. The van der Waals surface area contributed by atoms with Gasteiger partial charge >= 0.3 is 0 Å². The molecule has 1 amide bonds. The van der Waals surface area contributed by atoms with Gasteiger partial charge in [-0.2, -0.15) is 0 Å². The number of ether oxygens (including phenoxy) is 2. The molecule has 0 aliphatic heterocycles. The predicted molar refractivity (Wildman–Crippen MR) is 69.3 cm³/mol. The third-order valence-electron chi connectivity index (χ3n) is 2.52. The number of amides is 1. The van der Waals surface area contributed by atoms with Gasteiger partial charge in [-0.15, -0.1) is 0 Å². The van der Waals surface area contributed by atoms with Gasteiger partial charge in [0.05, 0.1) is 6.10 Å². The normalized spacial score (nSPS) is 11.9. The highest BCUT2D eigenvalue weighted by atomic mass is 16.5. The maximum atomic E-state index is 11.4. The molecule has 0 saturated carbocycles. The zero-order chi connectivity index (χ0) is 13.4. The lowest BCUT2D eigenvalue weighted by Crippen LogP contribution is -2.34. The first kappa shape index (κ1) is 14.5. The van der Waals surface area contributed by atoms with Gasteiger partial charge in [0.25, 0.3) is 5.91 Å². The Morgan fingerprint density at radius 3 is 2.61 bits per heavy atom. The van der Waals surface area contributed by atoms with Crippen molar-refractivity contribution in [2.75, 3.05) is 20.3 Å². The third kappa shape index (κ3) is 5.16. The van der Waals surface area contributed by atoms with Crippen molar-refractivity contribution in [1.82, 2.24) is 5.32 Å². The molecule has 1 aromatic carbocycles. The molecule has 0 heterocycles. The molecule has 1 aromatic rings. The van der Waals surface area contributed by atoms with Crippen molar-refractivity contribution in [2.24, 2.45) is 5.73 Å². The summed E-state index contributed by atoms with van der Waals surface area (Å²) in [6, 6.07) is 7.35. The molecule has 5 heteroatoms. The Bertz CT molecular complexity index is 365. The van der Waals surface area contributed by atoms with Crippen molar-refractivity contribution >= 4 is 5.91 Å². The van der Waals surface area contributed by atoms with E-state index in [0.717, 1.165) is 5.56 Å². The van der Waals surface area contributed by atoms with Crippen LogP contribution in [0.15, 0.2) is 24.3 Å². The number of benzene rings is 1. The van der Waals surface area contributed by atoms with Crippen molar-refractivity contribution in [1.29, 1.82) is 0 Å². The van der Waals surface area contributed by atoms with Crippen LogP contribution in [0.5, 0.6) is 5.75 Å². The summed E-state index contributed by atoms with van der Waals surface area (Å²) in [4.78, 5) is 11.4. The quantitative estimate of drug-likeness (QED) is 0.748. The van der Waals surface area contributed by atoms with Crippen molar-refractivity contribution in [3.05, 3.63) is 29.8 Å². The van der Waals surface area contributed by atoms with Gasteiger partial charge in [0.2, 0.25) is 0 Å². The average molecular weight is 252 g/mol.